The maximum atomic E-state index is 8.28. The highest BCUT2D eigenvalue weighted by Gasteiger charge is 2.09. The van der Waals surface area contributed by atoms with Crippen LogP contribution in [0.25, 0.3) is 0 Å². The standard InChI is InChI=1S/C6H13NO2/c8-6-9-5-7-3-1-2-4-7/h8H,1-6H2. The predicted molar refractivity (Wildman–Crippen MR) is 33.8 cm³/mol. The van der Waals surface area contributed by atoms with Crippen molar-refractivity contribution in [2.75, 3.05) is 26.6 Å². The SMILES string of the molecule is OCOCN1CCCC1. The molecule has 9 heavy (non-hydrogen) atoms. The van der Waals surface area contributed by atoms with Crippen molar-refractivity contribution < 1.29 is 9.84 Å². The third-order valence-corrected chi connectivity index (χ3v) is 1.56. The summed E-state index contributed by atoms with van der Waals surface area (Å²) in [5.41, 5.74) is 0. The first-order valence-corrected chi connectivity index (χ1v) is 3.34. The Hall–Kier alpha value is -0.120. The summed E-state index contributed by atoms with van der Waals surface area (Å²) in [6.45, 7) is 2.69. The van der Waals surface area contributed by atoms with Gasteiger partial charge in [-0.15, -0.1) is 0 Å². The van der Waals surface area contributed by atoms with E-state index < -0.39 is 0 Å². The molecule has 0 aromatic carbocycles. The minimum atomic E-state index is -0.156. The van der Waals surface area contributed by atoms with Crippen molar-refractivity contribution in [3.8, 4) is 0 Å². The molecule has 0 atom stereocenters. The fraction of sp³-hybridized carbons (Fsp3) is 1.00. The lowest BCUT2D eigenvalue weighted by Gasteiger charge is -2.12. The predicted octanol–water partition coefficient (Wildman–Crippen LogP) is 0.00610. The Bertz CT molecular complexity index is 71.5. The highest BCUT2D eigenvalue weighted by molar-refractivity contribution is 4.61. The first-order valence-electron chi connectivity index (χ1n) is 3.34. The van der Waals surface area contributed by atoms with E-state index in [-0.39, 0.29) is 6.79 Å². The van der Waals surface area contributed by atoms with Gasteiger partial charge in [-0.25, -0.2) is 0 Å². The second-order valence-corrected chi connectivity index (χ2v) is 2.29. The number of hydrogen-bond acceptors (Lipinski definition) is 3. The van der Waals surface area contributed by atoms with E-state index in [1.165, 1.54) is 12.8 Å². The molecule has 1 rings (SSSR count). The summed E-state index contributed by atoms with van der Waals surface area (Å²) >= 11 is 0. The third kappa shape index (κ3) is 2.30. The van der Waals surface area contributed by atoms with Crippen LogP contribution in [0.3, 0.4) is 0 Å². The molecule has 1 fully saturated rings. The van der Waals surface area contributed by atoms with Crippen LogP contribution in [0.15, 0.2) is 0 Å². The fourth-order valence-corrected chi connectivity index (χ4v) is 1.08. The van der Waals surface area contributed by atoms with Gasteiger partial charge in [-0.3, -0.25) is 4.90 Å². The zero-order valence-corrected chi connectivity index (χ0v) is 5.55. The van der Waals surface area contributed by atoms with Crippen molar-refractivity contribution in [3.63, 3.8) is 0 Å². The van der Waals surface area contributed by atoms with Crippen LogP contribution >= 0.6 is 0 Å². The Morgan fingerprint density at radius 2 is 2.00 bits per heavy atom. The maximum Gasteiger partial charge on any atom is 0.145 e. The molecule has 1 aliphatic heterocycles. The molecule has 0 bridgehead atoms. The molecule has 54 valence electrons. The molecular weight excluding hydrogens is 118 g/mol. The Labute approximate surface area is 55.2 Å². The molecule has 0 aliphatic carbocycles. The van der Waals surface area contributed by atoms with Gasteiger partial charge in [-0.05, 0) is 12.8 Å². The molecule has 3 nitrogen and oxygen atoms in total. The topological polar surface area (TPSA) is 32.7 Å². The van der Waals surface area contributed by atoms with Gasteiger partial charge in [0.25, 0.3) is 0 Å². The van der Waals surface area contributed by atoms with Gasteiger partial charge in [0.15, 0.2) is 0 Å². The first-order chi connectivity index (χ1) is 4.43. The second-order valence-electron chi connectivity index (χ2n) is 2.29. The van der Waals surface area contributed by atoms with Crippen molar-refractivity contribution in [1.29, 1.82) is 0 Å². The quantitative estimate of drug-likeness (QED) is 0.547. The van der Waals surface area contributed by atoms with Gasteiger partial charge in [0.05, 0.1) is 0 Å². The molecular formula is C6H13NO2. The molecule has 0 radical (unpaired) electrons. The summed E-state index contributed by atoms with van der Waals surface area (Å²) in [4.78, 5) is 2.19. The molecule has 0 amide bonds. The van der Waals surface area contributed by atoms with Crippen molar-refractivity contribution in [2.45, 2.75) is 12.8 Å². The zero-order chi connectivity index (χ0) is 6.53. The Morgan fingerprint density at radius 1 is 1.33 bits per heavy atom. The average Bonchev–Trinajstić information content (AvgIpc) is 2.34. The minimum absolute atomic E-state index is 0.156. The summed E-state index contributed by atoms with van der Waals surface area (Å²) in [6.07, 6.45) is 2.55. The van der Waals surface area contributed by atoms with Gasteiger partial charge in [-0.1, -0.05) is 0 Å². The van der Waals surface area contributed by atoms with Crippen LogP contribution < -0.4 is 0 Å². The number of ether oxygens (including phenoxy) is 1. The molecule has 0 saturated carbocycles. The smallest absolute Gasteiger partial charge is 0.145 e. The van der Waals surface area contributed by atoms with Crippen LogP contribution in [0.4, 0.5) is 0 Å². The number of likely N-dealkylation sites (tertiary alicyclic amines) is 1. The normalized spacial score (nSPS) is 21.0. The average molecular weight is 131 g/mol. The lowest BCUT2D eigenvalue weighted by molar-refractivity contribution is -0.0478. The van der Waals surface area contributed by atoms with Crippen molar-refractivity contribution in [3.05, 3.63) is 0 Å². The zero-order valence-electron chi connectivity index (χ0n) is 5.55. The summed E-state index contributed by atoms with van der Waals surface area (Å²) < 4.78 is 4.80. The van der Waals surface area contributed by atoms with E-state index in [1.807, 2.05) is 0 Å². The van der Waals surface area contributed by atoms with Gasteiger partial charge >= 0.3 is 0 Å². The second kappa shape index (κ2) is 3.82. The summed E-state index contributed by atoms with van der Waals surface area (Å²) in [7, 11) is 0. The van der Waals surface area contributed by atoms with Gasteiger partial charge in [-0.2, -0.15) is 0 Å². The van der Waals surface area contributed by atoms with Crippen LogP contribution in [0.1, 0.15) is 12.8 Å². The van der Waals surface area contributed by atoms with E-state index in [2.05, 4.69) is 4.90 Å². The summed E-state index contributed by atoms with van der Waals surface area (Å²) in [5, 5.41) is 8.28. The molecule has 1 aliphatic rings. The van der Waals surface area contributed by atoms with Crippen molar-refractivity contribution in [1.82, 2.24) is 4.90 Å². The van der Waals surface area contributed by atoms with Crippen molar-refractivity contribution in [2.24, 2.45) is 0 Å². The molecule has 1 N–H and O–H groups in total. The highest BCUT2D eigenvalue weighted by Crippen LogP contribution is 2.05. The van der Waals surface area contributed by atoms with Crippen molar-refractivity contribution >= 4 is 0 Å². The molecule has 0 unspecified atom stereocenters. The maximum absolute atomic E-state index is 8.28. The van der Waals surface area contributed by atoms with Crippen LogP contribution in [-0.2, 0) is 4.74 Å². The molecule has 0 aromatic heterocycles. The van der Waals surface area contributed by atoms with E-state index in [0.29, 0.717) is 6.73 Å². The van der Waals surface area contributed by atoms with Gasteiger partial charge in [0, 0.05) is 13.1 Å². The third-order valence-electron chi connectivity index (χ3n) is 1.56. The van der Waals surface area contributed by atoms with Crippen LogP contribution in [0.2, 0.25) is 0 Å². The lowest BCUT2D eigenvalue weighted by Crippen LogP contribution is -2.22. The molecule has 3 heteroatoms. The Morgan fingerprint density at radius 3 is 2.56 bits per heavy atom. The van der Waals surface area contributed by atoms with Gasteiger partial charge in [0.1, 0.15) is 13.5 Å². The first kappa shape index (κ1) is 6.99. The van der Waals surface area contributed by atoms with Gasteiger partial charge in [0.2, 0.25) is 0 Å². The van der Waals surface area contributed by atoms with E-state index >= 15 is 0 Å². The fourth-order valence-electron chi connectivity index (χ4n) is 1.08. The molecule has 0 aromatic rings. The number of aliphatic hydroxyl groups excluding tert-OH is 1. The van der Waals surface area contributed by atoms with E-state index in [0.717, 1.165) is 13.1 Å². The summed E-state index contributed by atoms with van der Waals surface area (Å²) in [5.74, 6) is 0. The monoisotopic (exact) mass is 131 g/mol. The van der Waals surface area contributed by atoms with Crippen LogP contribution in [-0.4, -0.2) is 36.6 Å². The highest BCUT2D eigenvalue weighted by atomic mass is 16.6. The molecule has 1 saturated heterocycles. The number of aliphatic hydroxyl groups is 1. The van der Waals surface area contributed by atoms with Crippen LogP contribution in [0, 0.1) is 0 Å². The number of rotatable bonds is 3. The minimum Gasteiger partial charge on any atom is -0.371 e. The van der Waals surface area contributed by atoms with E-state index in [1.54, 1.807) is 0 Å². The van der Waals surface area contributed by atoms with Crippen LogP contribution in [0.5, 0.6) is 0 Å². The number of nitrogens with zero attached hydrogens (tertiary/aromatic N) is 1. The van der Waals surface area contributed by atoms with Gasteiger partial charge < -0.3 is 9.84 Å². The van der Waals surface area contributed by atoms with E-state index in [9.17, 15) is 0 Å². The molecule has 1 heterocycles. The van der Waals surface area contributed by atoms with E-state index in [4.69, 9.17) is 9.84 Å². The lowest BCUT2D eigenvalue weighted by atomic mass is 10.4. The summed E-state index contributed by atoms with van der Waals surface area (Å²) in [6, 6.07) is 0. The molecule has 0 spiro atoms. The Kier molecular flexibility index (Phi) is 2.97. The largest absolute Gasteiger partial charge is 0.371 e. The Balaban J connectivity index is 1.98. The number of hydrogen-bond donors (Lipinski definition) is 1.